The van der Waals surface area contributed by atoms with Crippen molar-refractivity contribution in [2.45, 2.75) is 44.3 Å². The van der Waals surface area contributed by atoms with E-state index in [1.165, 1.54) is 16.7 Å². The summed E-state index contributed by atoms with van der Waals surface area (Å²) in [6, 6.07) is -0.929. The second-order valence-electron chi connectivity index (χ2n) is 5.12. The smallest absolute Gasteiger partial charge is 0.327 e. The van der Waals surface area contributed by atoms with Gasteiger partial charge in [-0.3, -0.25) is 4.90 Å². The summed E-state index contributed by atoms with van der Waals surface area (Å²) >= 11 is 1.50. The van der Waals surface area contributed by atoms with Crippen LogP contribution < -0.4 is 0 Å². The molecule has 2 heterocycles. The number of aliphatic carboxylic acids is 1. The maximum Gasteiger partial charge on any atom is 0.327 e. The highest BCUT2D eigenvalue weighted by Crippen LogP contribution is 2.30. The first-order valence-electron chi connectivity index (χ1n) is 6.46. The predicted octanol–water partition coefficient (Wildman–Crippen LogP) is 1.06. The Morgan fingerprint density at radius 3 is 2.63 bits per heavy atom. The number of morpholine rings is 1. The van der Waals surface area contributed by atoms with E-state index in [9.17, 15) is 14.7 Å². The lowest BCUT2D eigenvalue weighted by atomic mass is 10.2. The van der Waals surface area contributed by atoms with Gasteiger partial charge in [-0.2, -0.15) is 0 Å². The minimum absolute atomic E-state index is 0.00556. The van der Waals surface area contributed by atoms with Crippen LogP contribution in [0.3, 0.4) is 0 Å². The van der Waals surface area contributed by atoms with Gasteiger partial charge in [0.2, 0.25) is 0 Å². The van der Waals surface area contributed by atoms with Crippen molar-refractivity contribution in [3.8, 4) is 0 Å². The summed E-state index contributed by atoms with van der Waals surface area (Å²) in [6.45, 7) is 6.73. The number of thioether (sulfide) groups is 1. The molecule has 2 amide bonds. The first-order valence-corrected chi connectivity index (χ1v) is 7.51. The van der Waals surface area contributed by atoms with Gasteiger partial charge >= 0.3 is 12.0 Å². The van der Waals surface area contributed by atoms with Gasteiger partial charge in [-0.1, -0.05) is 0 Å². The van der Waals surface area contributed by atoms with E-state index in [1.807, 2.05) is 20.8 Å². The van der Waals surface area contributed by atoms with Crippen LogP contribution in [-0.4, -0.2) is 69.4 Å². The molecule has 4 atom stereocenters. The van der Waals surface area contributed by atoms with Crippen molar-refractivity contribution < 1.29 is 19.4 Å². The largest absolute Gasteiger partial charge is 0.480 e. The van der Waals surface area contributed by atoms with E-state index >= 15 is 0 Å². The molecule has 0 radical (unpaired) electrons. The summed E-state index contributed by atoms with van der Waals surface area (Å²) < 4.78 is 5.50. The van der Waals surface area contributed by atoms with E-state index < -0.39 is 12.0 Å². The van der Waals surface area contributed by atoms with E-state index in [-0.39, 0.29) is 23.6 Å². The molecule has 0 aromatic heterocycles. The van der Waals surface area contributed by atoms with Crippen molar-refractivity contribution >= 4 is 23.8 Å². The van der Waals surface area contributed by atoms with Crippen molar-refractivity contribution in [3.63, 3.8) is 0 Å². The highest BCUT2D eigenvalue weighted by molar-refractivity contribution is 8.00. The average Bonchev–Trinajstić information content (AvgIpc) is 2.73. The Morgan fingerprint density at radius 2 is 2.00 bits per heavy atom. The summed E-state index contributed by atoms with van der Waals surface area (Å²) in [5.41, 5.74) is 0. The molecule has 0 spiro atoms. The third kappa shape index (κ3) is 2.81. The number of carbonyl (C=O) groups is 2. The van der Waals surface area contributed by atoms with Crippen molar-refractivity contribution in [3.05, 3.63) is 0 Å². The summed E-state index contributed by atoms with van der Waals surface area (Å²) in [5.74, 6) is -0.476. The van der Waals surface area contributed by atoms with Crippen LogP contribution in [0.25, 0.3) is 0 Å². The molecular weight excluding hydrogens is 268 g/mol. The third-order valence-corrected chi connectivity index (χ3v) is 4.80. The summed E-state index contributed by atoms with van der Waals surface area (Å²) in [4.78, 5) is 27.1. The number of hydrogen-bond acceptors (Lipinski definition) is 4. The minimum atomic E-state index is -0.931. The normalized spacial score (nSPS) is 35.5. The molecule has 2 aliphatic rings. The molecule has 0 saturated carbocycles. The maximum absolute atomic E-state index is 12.6. The second-order valence-corrected chi connectivity index (χ2v) is 6.47. The van der Waals surface area contributed by atoms with Gasteiger partial charge in [0.05, 0.1) is 24.1 Å². The zero-order valence-corrected chi connectivity index (χ0v) is 12.2. The van der Waals surface area contributed by atoms with Gasteiger partial charge < -0.3 is 14.7 Å². The second kappa shape index (κ2) is 5.58. The Hall–Kier alpha value is -0.950. The number of rotatable bonds is 1. The van der Waals surface area contributed by atoms with Crippen LogP contribution in [0.2, 0.25) is 0 Å². The number of carboxylic acids is 1. The third-order valence-electron chi connectivity index (χ3n) is 3.58. The fourth-order valence-corrected chi connectivity index (χ4v) is 3.60. The zero-order valence-electron chi connectivity index (χ0n) is 11.4. The van der Waals surface area contributed by atoms with Gasteiger partial charge in [0.1, 0.15) is 6.04 Å². The van der Waals surface area contributed by atoms with Gasteiger partial charge in [0, 0.05) is 12.3 Å². The Labute approximate surface area is 117 Å². The number of hydrogen-bond donors (Lipinski definition) is 1. The number of ether oxygens (including phenoxy) is 1. The lowest BCUT2D eigenvalue weighted by Crippen LogP contribution is -2.58. The molecule has 6 nitrogen and oxygen atoms in total. The Bertz CT molecular complexity index is 379. The molecule has 2 rings (SSSR count). The van der Waals surface area contributed by atoms with Crippen LogP contribution in [0.1, 0.15) is 20.8 Å². The fraction of sp³-hybridized carbons (Fsp3) is 0.833. The quantitative estimate of drug-likeness (QED) is 0.781. The molecule has 0 aliphatic carbocycles. The SMILES string of the molecule is CC1CN(C(=O)N2C(C)SCC2C(=O)O)C(C)CO1. The number of nitrogens with zero attached hydrogens (tertiary/aromatic N) is 2. The molecule has 2 saturated heterocycles. The van der Waals surface area contributed by atoms with Crippen LogP contribution >= 0.6 is 11.8 Å². The summed E-state index contributed by atoms with van der Waals surface area (Å²) in [7, 11) is 0. The Morgan fingerprint density at radius 1 is 1.32 bits per heavy atom. The van der Waals surface area contributed by atoms with Crippen LogP contribution in [0, 0.1) is 0 Å². The van der Waals surface area contributed by atoms with Crippen molar-refractivity contribution in [1.29, 1.82) is 0 Å². The fourth-order valence-electron chi connectivity index (χ4n) is 2.44. The van der Waals surface area contributed by atoms with Gasteiger partial charge in [-0.15, -0.1) is 11.8 Å². The number of urea groups is 1. The topological polar surface area (TPSA) is 70.1 Å². The van der Waals surface area contributed by atoms with E-state index in [2.05, 4.69) is 0 Å². The van der Waals surface area contributed by atoms with Crippen LogP contribution in [0.4, 0.5) is 4.79 Å². The molecule has 0 bridgehead atoms. The maximum atomic E-state index is 12.6. The molecule has 2 fully saturated rings. The van der Waals surface area contributed by atoms with Gasteiger partial charge in [-0.25, -0.2) is 9.59 Å². The number of carboxylic acid groups (broad SMARTS) is 1. The van der Waals surface area contributed by atoms with E-state index in [1.54, 1.807) is 4.90 Å². The highest BCUT2D eigenvalue weighted by Gasteiger charge is 2.43. The van der Waals surface area contributed by atoms with Crippen molar-refractivity contribution in [2.75, 3.05) is 18.9 Å². The van der Waals surface area contributed by atoms with E-state index in [0.717, 1.165) is 0 Å². The molecule has 0 aromatic carbocycles. The van der Waals surface area contributed by atoms with Crippen LogP contribution in [-0.2, 0) is 9.53 Å². The lowest BCUT2D eigenvalue weighted by Gasteiger charge is -2.40. The molecule has 2 aliphatic heterocycles. The lowest BCUT2D eigenvalue weighted by molar-refractivity contribution is -0.141. The molecule has 7 heteroatoms. The molecule has 19 heavy (non-hydrogen) atoms. The number of carbonyl (C=O) groups excluding carboxylic acids is 1. The number of amides is 2. The van der Waals surface area contributed by atoms with Gasteiger partial charge in [-0.05, 0) is 20.8 Å². The van der Waals surface area contributed by atoms with Crippen molar-refractivity contribution in [2.24, 2.45) is 0 Å². The molecule has 0 aromatic rings. The summed E-state index contributed by atoms with van der Waals surface area (Å²) in [6.07, 6.45) is -0.00556. The summed E-state index contributed by atoms with van der Waals surface area (Å²) in [5, 5.41) is 9.12. The molecule has 108 valence electrons. The zero-order chi connectivity index (χ0) is 14.2. The highest BCUT2D eigenvalue weighted by atomic mass is 32.2. The Kier molecular flexibility index (Phi) is 4.25. The standard InChI is InChI=1S/C12H20N2O4S/c1-7-5-18-8(2)4-13(7)12(17)14-9(3)19-6-10(14)11(15)16/h7-10H,4-6H2,1-3H3,(H,15,16). The average molecular weight is 288 g/mol. The monoisotopic (exact) mass is 288 g/mol. The van der Waals surface area contributed by atoms with Gasteiger partial charge in [0.15, 0.2) is 0 Å². The first kappa shape index (κ1) is 14.5. The predicted molar refractivity (Wildman–Crippen MR) is 72.2 cm³/mol. The van der Waals surface area contributed by atoms with E-state index in [0.29, 0.717) is 18.9 Å². The Balaban J connectivity index is 2.14. The van der Waals surface area contributed by atoms with Crippen LogP contribution in [0.5, 0.6) is 0 Å². The van der Waals surface area contributed by atoms with Gasteiger partial charge in [0.25, 0.3) is 0 Å². The van der Waals surface area contributed by atoms with Crippen molar-refractivity contribution in [1.82, 2.24) is 9.80 Å². The molecule has 4 unspecified atom stereocenters. The van der Waals surface area contributed by atoms with Crippen LogP contribution in [0.15, 0.2) is 0 Å². The molecular formula is C12H20N2O4S. The molecule has 1 N–H and O–H groups in total. The first-order chi connectivity index (χ1) is 8.91. The van der Waals surface area contributed by atoms with E-state index in [4.69, 9.17) is 4.74 Å². The minimum Gasteiger partial charge on any atom is -0.480 e.